The molecule has 0 aromatic carbocycles. The van der Waals surface area contributed by atoms with Crippen molar-refractivity contribution in [1.29, 1.82) is 0 Å². The summed E-state index contributed by atoms with van der Waals surface area (Å²) in [6.07, 6.45) is 10.9. The van der Waals surface area contributed by atoms with Gasteiger partial charge in [0.25, 0.3) is 0 Å². The van der Waals surface area contributed by atoms with Crippen LogP contribution in [-0.4, -0.2) is 53.1 Å². The molecule has 9 heteroatoms. The van der Waals surface area contributed by atoms with Gasteiger partial charge in [-0.3, -0.25) is 19.2 Å². The highest BCUT2D eigenvalue weighted by atomic mass is 16.4. The lowest BCUT2D eigenvalue weighted by Crippen LogP contribution is -2.48. The lowest BCUT2D eigenvalue weighted by Gasteiger charge is -2.12. The van der Waals surface area contributed by atoms with Crippen molar-refractivity contribution in [1.82, 2.24) is 10.6 Å². The first-order valence-electron chi connectivity index (χ1n) is 10.1. The van der Waals surface area contributed by atoms with E-state index in [-0.39, 0.29) is 18.9 Å². The maximum Gasteiger partial charge on any atom is 0.322 e. The van der Waals surface area contributed by atoms with Crippen LogP contribution in [-0.2, 0) is 19.2 Å². The van der Waals surface area contributed by atoms with Crippen molar-refractivity contribution in [3.8, 4) is 0 Å². The second kappa shape index (κ2) is 17.0. The summed E-state index contributed by atoms with van der Waals surface area (Å²) in [4.78, 5) is 43.9. The number of amides is 2. The van der Waals surface area contributed by atoms with Crippen LogP contribution in [0.25, 0.3) is 0 Å². The lowest BCUT2D eigenvalue weighted by molar-refractivity contribution is -0.138. The smallest absolute Gasteiger partial charge is 0.322 e. The molecule has 1 atom stereocenters. The summed E-state index contributed by atoms with van der Waals surface area (Å²) < 4.78 is 0. The van der Waals surface area contributed by atoms with Crippen LogP contribution in [0, 0.1) is 0 Å². The Morgan fingerprint density at radius 3 is 1.61 bits per heavy atom. The second-order valence-corrected chi connectivity index (χ2v) is 6.95. The minimum absolute atomic E-state index is 0.0171. The third kappa shape index (κ3) is 17.3. The molecule has 0 fully saturated rings. The van der Waals surface area contributed by atoms with Crippen LogP contribution in [0.2, 0.25) is 0 Å². The topological polar surface area (TPSA) is 159 Å². The van der Waals surface area contributed by atoms with Crippen molar-refractivity contribution in [2.75, 3.05) is 13.1 Å². The van der Waals surface area contributed by atoms with Crippen LogP contribution in [0.15, 0.2) is 0 Å². The van der Waals surface area contributed by atoms with Gasteiger partial charge >= 0.3 is 11.9 Å². The third-order valence-corrected chi connectivity index (χ3v) is 4.31. The van der Waals surface area contributed by atoms with Crippen molar-refractivity contribution >= 4 is 23.8 Å². The van der Waals surface area contributed by atoms with Gasteiger partial charge in [-0.2, -0.15) is 0 Å². The molecule has 0 aromatic rings. The zero-order valence-corrected chi connectivity index (χ0v) is 16.6. The molecule has 0 rings (SSSR count). The maximum atomic E-state index is 11.7. The van der Waals surface area contributed by atoms with E-state index in [2.05, 4.69) is 10.6 Å². The number of hydrogen-bond donors (Lipinski definition) is 5. The summed E-state index contributed by atoms with van der Waals surface area (Å²) in [5.41, 5.74) is 5.58. The van der Waals surface area contributed by atoms with Gasteiger partial charge in [0.15, 0.2) is 0 Å². The molecule has 28 heavy (non-hydrogen) atoms. The van der Waals surface area contributed by atoms with Gasteiger partial charge in [0.2, 0.25) is 11.8 Å². The fraction of sp³-hybridized carbons (Fsp3) is 0.789. The first-order chi connectivity index (χ1) is 13.3. The summed E-state index contributed by atoms with van der Waals surface area (Å²) in [6.45, 7) is -0.512. The van der Waals surface area contributed by atoms with Crippen LogP contribution in [0.5, 0.6) is 0 Å². The van der Waals surface area contributed by atoms with Gasteiger partial charge in [0.1, 0.15) is 12.6 Å². The van der Waals surface area contributed by atoms with E-state index in [0.717, 1.165) is 64.2 Å². The minimum Gasteiger partial charge on any atom is -0.481 e. The molecule has 0 aliphatic heterocycles. The minimum atomic E-state index is -1.15. The molecule has 9 nitrogen and oxygen atoms in total. The molecule has 0 saturated heterocycles. The molecular formula is C19H35N3O6. The average Bonchev–Trinajstić information content (AvgIpc) is 2.64. The maximum absolute atomic E-state index is 11.7. The molecule has 0 radical (unpaired) electrons. The molecule has 0 aromatic heterocycles. The molecule has 1 unspecified atom stereocenters. The zero-order valence-electron chi connectivity index (χ0n) is 16.6. The molecule has 6 N–H and O–H groups in total. The van der Waals surface area contributed by atoms with Crippen LogP contribution in [0.3, 0.4) is 0 Å². The van der Waals surface area contributed by atoms with E-state index in [4.69, 9.17) is 15.9 Å². The van der Waals surface area contributed by atoms with Gasteiger partial charge in [-0.1, -0.05) is 51.4 Å². The highest BCUT2D eigenvalue weighted by Gasteiger charge is 2.14. The normalized spacial score (nSPS) is 11.6. The van der Waals surface area contributed by atoms with E-state index in [1.54, 1.807) is 0 Å². The van der Waals surface area contributed by atoms with Gasteiger partial charge in [0.05, 0.1) is 0 Å². The van der Waals surface area contributed by atoms with Crippen molar-refractivity contribution in [2.24, 2.45) is 5.73 Å². The highest BCUT2D eigenvalue weighted by molar-refractivity contribution is 5.86. The number of carbonyl (C=O) groups excluding carboxylic acids is 2. The predicted octanol–water partition coefficient (Wildman–Crippen LogP) is 1.40. The summed E-state index contributed by atoms with van der Waals surface area (Å²) in [6, 6.07) is -0.965. The van der Waals surface area contributed by atoms with Crippen molar-refractivity contribution < 1.29 is 29.4 Å². The number of carboxylic acids is 2. The highest BCUT2D eigenvalue weighted by Crippen LogP contribution is 2.12. The lowest BCUT2D eigenvalue weighted by atomic mass is 10.1. The molecular weight excluding hydrogens is 366 g/mol. The first kappa shape index (κ1) is 25.8. The molecule has 0 aliphatic rings. The van der Waals surface area contributed by atoms with Gasteiger partial charge in [0, 0.05) is 19.4 Å². The predicted molar refractivity (Wildman–Crippen MR) is 105 cm³/mol. The largest absolute Gasteiger partial charge is 0.481 e. The fourth-order valence-electron chi connectivity index (χ4n) is 2.67. The van der Waals surface area contributed by atoms with Gasteiger partial charge in [-0.25, -0.2) is 0 Å². The number of carbonyl (C=O) groups is 4. The zero-order chi connectivity index (χ0) is 21.2. The van der Waals surface area contributed by atoms with Gasteiger partial charge in [-0.15, -0.1) is 0 Å². The van der Waals surface area contributed by atoms with E-state index >= 15 is 0 Å². The number of rotatable bonds is 18. The summed E-state index contributed by atoms with van der Waals surface area (Å²) in [7, 11) is 0. The Morgan fingerprint density at radius 2 is 1.14 bits per heavy atom. The van der Waals surface area contributed by atoms with Crippen LogP contribution in [0.4, 0.5) is 0 Å². The Hall–Kier alpha value is -2.16. The Labute approximate surface area is 166 Å². The Bertz CT molecular complexity index is 484. The van der Waals surface area contributed by atoms with E-state index in [9.17, 15) is 19.2 Å². The number of hydrogen-bond acceptors (Lipinski definition) is 5. The van der Waals surface area contributed by atoms with Crippen LogP contribution >= 0.6 is 0 Å². The standard InChI is InChI=1S/C19H35N3O6/c20-15(19(28)22-14-18(26)27)13-21-16(23)11-9-7-5-3-1-2-4-6-8-10-12-17(24)25/h15H,1-14,20H2,(H,21,23)(H,22,28)(H,24,25)(H,26,27). The summed E-state index contributed by atoms with van der Waals surface area (Å²) in [5.74, 6) is -2.65. The van der Waals surface area contributed by atoms with Crippen LogP contribution < -0.4 is 16.4 Å². The molecule has 2 amide bonds. The Kier molecular flexibility index (Phi) is 15.7. The van der Waals surface area contributed by atoms with Crippen molar-refractivity contribution in [3.63, 3.8) is 0 Å². The van der Waals surface area contributed by atoms with Crippen molar-refractivity contribution in [2.45, 2.75) is 83.1 Å². The SMILES string of the molecule is NC(CNC(=O)CCCCCCCCCCCCC(=O)O)C(=O)NCC(=O)O. The number of unbranched alkanes of at least 4 members (excludes halogenated alkanes) is 9. The number of nitrogens with one attached hydrogen (secondary N) is 2. The van der Waals surface area contributed by atoms with Crippen LogP contribution in [0.1, 0.15) is 77.0 Å². The third-order valence-electron chi connectivity index (χ3n) is 4.31. The quantitative estimate of drug-likeness (QED) is 0.217. The van der Waals surface area contributed by atoms with E-state index in [1.807, 2.05) is 0 Å². The Balaban J connectivity index is 3.44. The summed E-state index contributed by atoms with van der Waals surface area (Å²) in [5, 5.41) is 21.8. The van der Waals surface area contributed by atoms with E-state index in [0.29, 0.717) is 6.42 Å². The Morgan fingerprint density at radius 1 is 0.679 bits per heavy atom. The number of carboxylic acid groups (broad SMARTS) is 2. The fourth-order valence-corrected chi connectivity index (χ4v) is 2.67. The second-order valence-electron chi connectivity index (χ2n) is 6.95. The molecule has 0 bridgehead atoms. The van der Waals surface area contributed by atoms with E-state index in [1.165, 1.54) is 0 Å². The summed E-state index contributed by atoms with van der Waals surface area (Å²) >= 11 is 0. The molecule has 162 valence electrons. The molecule has 0 aliphatic carbocycles. The molecule has 0 heterocycles. The average molecular weight is 402 g/mol. The first-order valence-corrected chi connectivity index (χ1v) is 10.1. The number of nitrogens with two attached hydrogens (primary N) is 1. The number of aliphatic carboxylic acids is 2. The van der Waals surface area contributed by atoms with E-state index < -0.39 is 30.4 Å². The monoisotopic (exact) mass is 401 g/mol. The van der Waals surface area contributed by atoms with Gasteiger partial charge in [-0.05, 0) is 12.8 Å². The molecule has 0 saturated carbocycles. The van der Waals surface area contributed by atoms with Gasteiger partial charge < -0.3 is 26.6 Å². The molecule has 0 spiro atoms. The van der Waals surface area contributed by atoms with Crippen molar-refractivity contribution in [3.05, 3.63) is 0 Å².